The molecule has 0 saturated heterocycles. The monoisotopic (exact) mass is 279 g/mol. The maximum Gasteiger partial charge on any atom is 0.136 e. The highest BCUT2D eigenvalue weighted by molar-refractivity contribution is 7.90. The minimum atomic E-state index is -1.08. The summed E-state index contributed by atoms with van der Waals surface area (Å²) >= 11 is -1.08. The van der Waals surface area contributed by atoms with Gasteiger partial charge in [0.15, 0.2) is 0 Å². The zero-order valence-corrected chi connectivity index (χ0v) is 12.8. The Balaban J connectivity index is 2.26. The topological polar surface area (TPSA) is 63.8 Å². The van der Waals surface area contributed by atoms with Gasteiger partial charge < -0.3 is 9.12 Å². The lowest BCUT2D eigenvalue weighted by Gasteiger charge is -2.30. The summed E-state index contributed by atoms with van der Waals surface area (Å²) in [6.45, 7) is 5.89. The third-order valence-electron chi connectivity index (χ3n) is 3.59. The molecule has 104 valence electrons. The third-order valence-corrected chi connectivity index (χ3v) is 5.20. The zero-order valence-electron chi connectivity index (χ0n) is 12.0. The Morgan fingerprint density at radius 3 is 2.79 bits per heavy atom. The van der Waals surface area contributed by atoms with Crippen LogP contribution in [0.3, 0.4) is 0 Å². The van der Waals surface area contributed by atoms with Crippen molar-refractivity contribution in [3.05, 3.63) is 23.0 Å². The van der Waals surface area contributed by atoms with Crippen LogP contribution in [-0.2, 0) is 24.8 Å². The second-order valence-corrected chi connectivity index (χ2v) is 8.04. The van der Waals surface area contributed by atoms with Crippen molar-refractivity contribution in [3.63, 3.8) is 0 Å². The fourth-order valence-corrected chi connectivity index (χ4v) is 3.30. The smallest absolute Gasteiger partial charge is 0.136 e. The number of fused-ring (bicyclic) bond motifs is 1. The molecule has 0 saturated carbocycles. The summed E-state index contributed by atoms with van der Waals surface area (Å²) in [5.41, 5.74) is 3.02. The normalized spacial score (nSPS) is 20.7. The van der Waals surface area contributed by atoms with Crippen molar-refractivity contribution in [2.75, 3.05) is 0 Å². The van der Waals surface area contributed by atoms with Crippen LogP contribution in [0.5, 0.6) is 0 Å². The molecule has 0 fully saturated rings. The highest BCUT2D eigenvalue weighted by Crippen LogP contribution is 2.33. The summed E-state index contributed by atoms with van der Waals surface area (Å²) in [7, 11) is 1.93. The molecule has 0 spiro atoms. The van der Waals surface area contributed by atoms with E-state index in [1.807, 2.05) is 38.5 Å². The second kappa shape index (κ2) is 5.20. The largest absolute Gasteiger partial charge is 0.598 e. The Labute approximate surface area is 118 Å². The molecule has 0 aromatic carbocycles. The van der Waals surface area contributed by atoms with Crippen molar-refractivity contribution in [2.45, 2.75) is 50.8 Å². The van der Waals surface area contributed by atoms with Crippen LogP contribution in [0, 0.1) is 11.3 Å². The van der Waals surface area contributed by atoms with E-state index in [0.717, 1.165) is 24.8 Å². The van der Waals surface area contributed by atoms with Crippen LogP contribution in [0.15, 0.2) is 6.07 Å². The predicted octanol–water partition coefficient (Wildman–Crippen LogP) is 2.33. The molecule has 0 amide bonds. The van der Waals surface area contributed by atoms with Gasteiger partial charge in [-0.3, -0.25) is 0 Å². The molecule has 1 aromatic rings. The first-order valence-electron chi connectivity index (χ1n) is 6.61. The Kier molecular flexibility index (Phi) is 3.95. The number of nitrogens with one attached hydrogen (secondary N) is 1. The Morgan fingerprint density at radius 2 is 2.21 bits per heavy atom. The lowest BCUT2D eigenvalue weighted by atomic mass is 9.93. The first kappa shape index (κ1) is 14.4. The third kappa shape index (κ3) is 2.81. The van der Waals surface area contributed by atoms with Gasteiger partial charge in [0.05, 0.1) is 6.04 Å². The van der Waals surface area contributed by atoms with Crippen molar-refractivity contribution >= 4 is 11.4 Å². The summed E-state index contributed by atoms with van der Waals surface area (Å²) in [4.78, 5) is 0. The van der Waals surface area contributed by atoms with E-state index < -0.39 is 11.4 Å². The molecule has 1 aliphatic carbocycles. The number of aromatic nitrogens is 1. The first-order valence-corrected chi connectivity index (χ1v) is 7.76. The van der Waals surface area contributed by atoms with Crippen molar-refractivity contribution in [2.24, 2.45) is 7.05 Å². The lowest BCUT2D eigenvalue weighted by molar-refractivity contribution is 0.484. The fraction of sp³-hybridized carbons (Fsp3) is 0.643. The van der Waals surface area contributed by atoms with Gasteiger partial charge in [0.1, 0.15) is 16.5 Å². The summed E-state index contributed by atoms with van der Waals surface area (Å²) < 4.78 is 17.1. The maximum atomic E-state index is 12.2. The first-order chi connectivity index (χ1) is 8.84. The minimum Gasteiger partial charge on any atom is -0.598 e. The van der Waals surface area contributed by atoms with Gasteiger partial charge in [0.2, 0.25) is 0 Å². The summed E-state index contributed by atoms with van der Waals surface area (Å²) in [6.07, 6.45) is 3.03. The average molecular weight is 279 g/mol. The van der Waals surface area contributed by atoms with Crippen LogP contribution in [0.25, 0.3) is 0 Å². The van der Waals surface area contributed by atoms with E-state index in [2.05, 4.69) is 10.8 Å². The standard InChI is InChI=1S/C14H21N3OS/c1-14(2,3)19(18)16-12-6-5-7-13-11(12)8-10(9-15)17(13)4/h8,12,16H,5-7H2,1-4H3/t12-,19?/m0/s1. The lowest BCUT2D eigenvalue weighted by Crippen LogP contribution is -2.42. The maximum absolute atomic E-state index is 12.2. The van der Waals surface area contributed by atoms with Crippen LogP contribution in [-0.4, -0.2) is 13.9 Å². The molecule has 4 nitrogen and oxygen atoms in total. The van der Waals surface area contributed by atoms with E-state index in [1.54, 1.807) is 0 Å². The van der Waals surface area contributed by atoms with Gasteiger partial charge in [-0.2, -0.15) is 5.26 Å². The Morgan fingerprint density at radius 1 is 1.53 bits per heavy atom. The van der Waals surface area contributed by atoms with E-state index in [4.69, 9.17) is 5.26 Å². The number of hydrogen-bond acceptors (Lipinski definition) is 3. The van der Waals surface area contributed by atoms with Crippen LogP contribution in [0.2, 0.25) is 0 Å². The van der Waals surface area contributed by atoms with Gasteiger partial charge in [-0.1, -0.05) is 0 Å². The molecule has 1 unspecified atom stereocenters. The van der Waals surface area contributed by atoms with Crippen LogP contribution in [0.1, 0.15) is 56.6 Å². The fourth-order valence-electron chi connectivity index (χ4n) is 2.45. The highest BCUT2D eigenvalue weighted by Gasteiger charge is 2.33. The Bertz CT molecular complexity index is 510. The van der Waals surface area contributed by atoms with Crippen molar-refractivity contribution < 1.29 is 4.55 Å². The number of nitriles is 1. The van der Waals surface area contributed by atoms with E-state index in [0.29, 0.717) is 5.69 Å². The molecule has 1 aliphatic rings. The predicted molar refractivity (Wildman–Crippen MR) is 76.8 cm³/mol. The average Bonchev–Trinajstić information content (AvgIpc) is 2.66. The molecule has 1 N–H and O–H groups in total. The van der Waals surface area contributed by atoms with Crippen molar-refractivity contribution in [1.29, 1.82) is 5.26 Å². The molecule has 0 aliphatic heterocycles. The van der Waals surface area contributed by atoms with Crippen molar-refractivity contribution in [3.8, 4) is 6.07 Å². The van der Waals surface area contributed by atoms with Gasteiger partial charge in [0, 0.05) is 24.1 Å². The SMILES string of the molecule is Cn1c(C#N)cc2c1CCC[C@@H]2N[S+]([O-])C(C)(C)C. The molecule has 1 aromatic heterocycles. The molecule has 1 heterocycles. The summed E-state index contributed by atoms with van der Waals surface area (Å²) in [5, 5.41) is 9.11. The van der Waals surface area contributed by atoms with Crippen molar-refractivity contribution in [1.82, 2.24) is 9.29 Å². The minimum absolute atomic E-state index is 0.0945. The summed E-state index contributed by atoms with van der Waals surface area (Å²) in [6, 6.07) is 4.25. The van der Waals surface area contributed by atoms with E-state index in [9.17, 15) is 4.55 Å². The van der Waals surface area contributed by atoms with E-state index in [1.165, 1.54) is 5.69 Å². The quantitative estimate of drug-likeness (QED) is 0.845. The Hall–Kier alpha value is -0.960. The van der Waals surface area contributed by atoms with Gasteiger partial charge in [-0.25, -0.2) is 0 Å². The molecule has 5 heteroatoms. The van der Waals surface area contributed by atoms with Gasteiger partial charge in [0.25, 0.3) is 0 Å². The molecule has 0 radical (unpaired) electrons. The van der Waals surface area contributed by atoms with E-state index in [-0.39, 0.29) is 10.8 Å². The number of hydrogen-bond donors (Lipinski definition) is 1. The van der Waals surface area contributed by atoms with Crippen LogP contribution < -0.4 is 4.72 Å². The van der Waals surface area contributed by atoms with Crippen LogP contribution >= 0.6 is 0 Å². The molecule has 19 heavy (non-hydrogen) atoms. The van der Waals surface area contributed by atoms with E-state index >= 15 is 0 Å². The molecule has 2 rings (SSSR count). The number of nitrogens with zero attached hydrogens (tertiary/aromatic N) is 2. The molecule has 2 atom stereocenters. The van der Waals surface area contributed by atoms with Gasteiger partial charge in [-0.05, 0) is 51.7 Å². The highest BCUT2D eigenvalue weighted by atomic mass is 32.2. The zero-order chi connectivity index (χ0) is 14.2. The molecular formula is C14H21N3OS. The van der Waals surface area contributed by atoms with Gasteiger partial charge >= 0.3 is 0 Å². The van der Waals surface area contributed by atoms with Gasteiger partial charge in [-0.15, -0.1) is 4.72 Å². The summed E-state index contributed by atoms with van der Waals surface area (Å²) in [5.74, 6) is 0. The van der Waals surface area contributed by atoms with Crippen LogP contribution in [0.4, 0.5) is 0 Å². The second-order valence-electron chi connectivity index (χ2n) is 6.05. The molecule has 0 bridgehead atoms. The molecular weight excluding hydrogens is 258 g/mol. The number of rotatable bonds is 2.